The summed E-state index contributed by atoms with van der Waals surface area (Å²) in [4.78, 5) is 24.9. The van der Waals surface area contributed by atoms with E-state index in [0.717, 1.165) is 38.1 Å². The van der Waals surface area contributed by atoms with E-state index in [2.05, 4.69) is 10.3 Å². The van der Waals surface area contributed by atoms with Crippen LogP contribution >= 0.6 is 0 Å². The molecular formula is C10H9N2NaO2. The second kappa shape index (κ2) is 6.53. The second-order valence-corrected chi connectivity index (χ2v) is 4.01. The minimum absolute atomic E-state index is 0.0903. The summed E-state index contributed by atoms with van der Waals surface area (Å²) in [5.74, 6) is -0.0903. The molecule has 1 N–H and O–H groups in total. The Labute approximate surface area is 105 Å². The van der Waals surface area contributed by atoms with Gasteiger partial charge in [-0.25, -0.2) is 0 Å². The first kappa shape index (κ1) is 12.1. The van der Waals surface area contributed by atoms with Crippen LogP contribution in [0.3, 0.4) is 0 Å². The molecule has 1 rings (SSSR count). The van der Waals surface area contributed by atoms with Gasteiger partial charge in [-0.1, -0.05) is 0 Å². The molecule has 0 spiro atoms. The van der Waals surface area contributed by atoms with E-state index in [4.69, 9.17) is 0 Å². The van der Waals surface area contributed by atoms with Gasteiger partial charge in [0.25, 0.3) is 0 Å². The van der Waals surface area contributed by atoms with Crippen LogP contribution in [0.2, 0.25) is 3.67 Å². The zero-order valence-corrected chi connectivity index (χ0v) is 10.5. The van der Waals surface area contributed by atoms with Gasteiger partial charge < -0.3 is 0 Å². The van der Waals surface area contributed by atoms with Crippen LogP contribution in [0.15, 0.2) is 29.3 Å². The van der Waals surface area contributed by atoms with Gasteiger partial charge in [-0.15, -0.1) is 0 Å². The first-order chi connectivity index (χ1) is 7.27. The first-order valence-electron chi connectivity index (χ1n) is 4.74. The Bertz CT molecular complexity index is 383. The minimum atomic E-state index is -0.0903. The molecule has 1 aromatic rings. The summed E-state index contributed by atoms with van der Waals surface area (Å²) in [6, 6.07) is 6.50. The molecule has 0 unspecified atom stereocenters. The Morgan fingerprint density at radius 1 is 1.40 bits per heavy atom. The van der Waals surface area contributed by atoms with Crippen LogP contribution in [0, 0.1) is 0 Å². The average molecular weight is 212 g/mol. The van der Waals surface area contributed by atoms with Crippen molar-refractivity contribution < 1.29 is 9.59 Å². The molecule has 0 radical (unpaired) electrons. The van der Waals surface area contributed by atoms with Crippen LogP contribution in [-0.2, 0) is 4.79 Å². The van der Waals surface area contributed by atoms with E-state index in [0.29, 0.717) is 11.3 Å². The van der Waals surface area contributed by atoms with Gasteiger partial charge in [-0.2, -0.15) is 0 Å². The number of carbonyl (C=O) groups excluding carboxylic acids is 2. The van der Waals surface area contributed by atoms with Gasteiger partial charge in [0.15, 0.2) is 0 Å². The van der Waals surface area contributed by atoms with Gasteiger partial charge in [0, 0.05) is 0 Å². The van der Waals surface area contributed by atoms with Crippen LogP contribution in [0.1, 0.15) is 10.4 Å². The molecule has 0 aliphatic carbocycles. The molecule has 0 atom stereocenters. The Balaban J connectivity index is 2.70. The number of carbonyl (C=O) groups is 1. The number of benzene rings is 1. The number of aliphatic imine (C=N–C) groups is 1. The standard InChI is InChI=1S/C10H9N2O2.Na/c1-2-11-10(14)8-3-5-9(6-4-8)12-7-13;/h3-6H,1-2H2,(H,11,14);. The number of hydrogen-bond acceptors (Lipinski definition) is 3. The number of rotatable bonds is 4. The summed E-state index contributed by atoms with van der Waals surface area (Å²) in [6.07, 6.45) is 1.45. The molecule has 72 valence electrons. The third kappa shape index (κ3) is 3.98. The van der Waals surface area contributed by atoms with Crippen molar-refractivity contribution in [1.29, 1.82) is 0 Å². The average Bonchev–Trinajstić information content (AvgIpc) is 2.27. The molecule has 15 heavy (non-hydrogen) atoms. The molecule has 0 fully saturated rings. The monoisotopic (exact) mass is 212 g/mol. The molecule has 1 aromatic carbocycles. The van der Waals surface area contributed by atoms with E-state index < -0.39 is 0 Å². The van der Waals surface area contributed by atoms with Crippen molar-refractivity contribution in [1.82, 2.24) is 5.32 Å². The van der Waals surface area contributed by atoms with E-state index in [1.807, 2.05) is 0 Å². The van der Waals surface area contributed by atoms with Crippen molar-refractivity contribution >= 4 is 45.6 Å². The molecule has 4 nitrogen and oxygen atoms in total. The van der Waals surface area contributed by atoms with Gasteiger partial charge in [0.2, 0.25) is 0 Å². The third-order valence-corrected chi connectivity index (χ3v) is 2.34. The summed E-state index contributed by atoms with van der Waals surface area (Å²) in [5.41, 5.74) is 1.08. The van der Waals surface area contributed by atoms with Crippen molar-refractivity contribution in [2.24, 2.45) is 4.99 Å². The molecule has 0 aromatic heterocycles. The van der Waals surface area contributed by atoms with Crippen LogP contribution in [0.25, 0.3) is 0 Å². The van der Waals surface area contributed by atoms with E-state index in [1.54, 1.807) is 24.3 Å². The van der Waals surface area contributed by atoms with Crippen molar-refractivity contribution in [2.75, 3.05) is 6.54 Å². The second-order valence-electron chi connectivity index (χ2n) is 3.01. The predicted molar refractivity (Wildman–Crippen MR) is 57.1 cm³/mol. The van der Waals surface area contributed by atoms with Gasteiger partial charge >= 0.3 is 106 Å². The quantitative estimate of drug-likeness (QED) is 0.459. The number of hydrogen-bond donors (Lipinski definition) is 1. The molecular weight excluding hydrogens is 203 g/mol. The Kier molecular flexibility index (Phi) is 5.29. The van der Waals surface area contributed by atoms with Gasteiger partial charge in [-0.3, -0.25) is 0 Å². The molecule has 0 aliphatic heterocycles. The fraction of sp³-hybridized carbons (Fsp3) is 0.200. The molecule has 0 saturated heterocycles. The van der Waals surface area contributed by atoms with E-state index in [-0.39, 0.29) is 5.91 Å². The van der Waals surface area contributed by atoms with Gasteiger partial charge in [0.1, 0.15) is 0 Å². The van der Waals surface area contributed by atoms with Crippen LogP contribution in [0.4, 0.5) is 5.69 Å². The van der Waals surface area contributed by atoms with Crippen molar-refractivity contribution in [3.8, 4) is 0 Å². The topological polar surface area (TPSA) is 58.5 Å². The summed E-state index contributed by atoms with van der Waals surface area (Å²) < 4.78 is 1.04. The summed E-state index contributed by atoms with van der Waals surface area (Å²) in [7, 11) is 0. The molecule has 0 heterocycles. The van der Waals surface area contributed by atoms with Crippen LogP contribution in [0.5, 0.6) is 0 Å². The Morgan fingerprint density at radius 2 is 2.07 bits per heavy atom. The molecule has 1 amide bonds. The van der Waals surface area contributed by atoms with E-state index in [1.165, 1.54) is 6.08 Å². The van der Waals surface area contributed by atoms with Crippen molar-refractivity contribution in [2.45, 2.75) is 3.67 Å². The zero-order valence-electron chi connectivity index (χ0n) is 8.49. The van der Waals surface area contributed by atoms with E-state index >= 15 is 0 Å². The zero-order chi connectivity index (χ0) is 11.1. The molecule has 0 aliphatic rings. The van der Waals surface area contributed by atoms with Crippen LogP contribution in [-0.4, -0.2) is 46.5 Å². The van der Waals surface area contributed by atoms with E-state index in [9.17, 15) is 9.59 Å². The van der Waals surface area contributed by atoms with Crippen LogP contribution < -0.4 is 5.32 Å². The third-order valence-electron chi connectivity index (χ3n) is 1.84. The number of nitrogens with zero attached hydrogens (tertiary/aromatic N) is 1. The Morgan fingerprint density at radius 3 is 2.60 bits per heavy atom. The number of isocyanates is 1. The summed E-state index contributed by atoms with van der Waals surface area (Å²) in [6.45, 7) is 0.722. The summed E-state index contributed by atoms with van der Waals surface area (Å²) >= 11 is 1.08. The normalized spacial score (nSPS) is 9.20. The van der Waals surface area contributed by atoms with Gasteiger partial charge in [-0.05, 0) is 0 Å². The Hall–Kier alpha value is -0.930. The van der Waals surface area contributed by atoms with Gasteiger partial charge in [0.05, 0.1) is 0 Å². The number of amides is 1. The SMILES string of the molecule is O=C=Nc1ccc(C(=O)NC[CH2][Na])cc1. The predicted octanol–water partition coefficient (Wildman–Crippen LogP) is 0.970. The molecule has 0 saturated carbocycles. The first-order valence-corrected chi connectivity index (χ1v) is 6.15. The fourth-order valence-electron chi connectivity index (χ4n) is 1.08. The summed E-state index contributed by atoms with van der Waals surface area (Å²) in [5, 5.41) is 2.79. The molecule has 5 heteroatoms. The van der Waals surface area contributed by atoms with Crippen molar-refractivity contribution in [3.63, 3.8) is 0 Å². The fourth-order valence-corrected chi connectivity index (χ4v) is 1.33. The molecule has 0 bridgehead atoms. The number of nitrogens with one attached hydrogen (secondary N) is 1. The maximum absolute atomic E-state index is 11.5. The maximum atomic E-state index is 11.5. The van der Waals surface area contributed by atoms with Crippen molar-refractivity contribution in [3.05, 3.63) is 29.8 Å².